The maximum absolute atomic E-state index is 12.0. The maximum Gasteiger partial charge on any atom is 0.490 e. The lowest BCUT2D eigenvalue weighted by Crippen LogP contribution is -2.30. The third-order valence-corrected chi connectivity index (χ3v) is 2.52. The Bertz CT molecular complexity index is 387. The van der Waals surface area contributed by atoms with E-state index in [2.05, 4.69) is 4.74 Å². The molecule has 5 heteroatoms. The molecule has 0 heterocycles. The van der Waals surface area contributed by atoms with E-state index in [4.69, 9.17) is 0 Å². The first-order chi connectivity index (χ1) is 7.47. The number of benzene rings is 1. The summed E-state index contributed by atoms with van der Waals surface area (Å²) in [5.74, 6) is -2.11. The minimum absolute atomic E-state index is 0.359. The van der Waals surface area contributed by atoms with Crippen molar-refractivity contribution in [2.24, 2.45) is 0 Å². The number of halogens is 3. The molecule has 0 spiro atoms. The maximum atomic E-state index is 12.0. The van der Waals surface area contributed by atoms with E-state index in [1.807, 2.05) is 24.3 Å². The molecule has 0 atom stereocenters. The van der Waals surface area contributed by atoms with Gasteiger partial charge in [0.15, 0.2) is 0 Å². The molecule has 0 aromatic heterocycles. The van der Waals surface area contributed by atoms with E-state index in [1.165, 1.54) is 0 Å². The van der Waals surface area contributed by atoms with E-state index in [0.717, 1.165) is 11.1 Å². The second kappa shape index (κ2) is 3.81. The summed E-state index contributed by atoms with van der Waals surface area (Å²) in [6.07, 6.45) is -4.88. The summed E-state index contributed by atoms with van der Waals surface area (Å²) in [7, 11) is 0. The number of esters is 1. The van der Waals surface area contributed by atoms with E-state index in [0.29, 0.717) is 12.8 Å². The molecule has 86 valence electrons. The van der Waals surface area contributed by atoms with Crippen LogP contribution in [0.5, 0.6) is 0 Å². The van der Waals surface area contributed by atoms with Gasteiger partial charge in [-0.1, -0.05) is 24.3 Å². The zero-order valence-electron chi connectivity index (χ0n) is 8.25. The Hall–Kier alpha value is -1.52. The molecule has 0 amide bonds. The molecule has 0 aliphatic heterocycles. The van der Waals surface area contributed by atoms with Gasteiger partial charge in [0, 0.05) is 12.8 Å². The second-order valence-electron chi connectivity index (χ2n) is 3.70. The van der Waals surface area contributed by atoms with Crippen molar-refractivity contribution < 1.29 is 22.7 Å². The van der Waals surface area contributed by atoms with Gasteiger partial charge in [-0.25, -0.2) is 4.79 Å². The lowest BCUT2D eigenvalue weighted by Gasteiger charge is -2.12. The number of fused-ring (bicyclic) bond motifs is 1. The highest BCUT2D eigenvalue weighted by molar-refractivity contribution is 5.75. The Morgan fingerprint density at radius 3 is 2.12 bits per heavy atom. The molecule has 0 fully saturated rings. The molecule has 2 rings (SSSR count). The number of hydrogen-bond donors (Lipinski definition) is 0. The van der Waals surface area contributed by atoms with Crippen LogP contribution in [0.3, 0.4) is 0 Å². The molecule has 1 aliphatic rings. The van der Waals surface area contributed by atoms with Gasteiger partial charge in [0.1, 0.15) is 6.10 Å². The summed E-state index contributed by atoms with van der Waals surface area (Å²) >= 11 is 0. The Kier molecular flexibility index (Phi) is 2.61. The van der Waals surface area contributed by atoms with Crippen molar-refractivity contribution in [2.75, 3.05) is 0 Å². The molecule has 1 aromatic carbocycles. The number of carbonyl (C=O) groups is 1. The van der Waals surface area contributed by atoms with Crippen LogP contribution in [-0.4, -0.2) is 18.2 Å². The standard InChI is InChI=1S/C11H9F3O2/c12-11(13,14)10(15)16-9-5-7-3-1-2-4-8(7)6-9/h1-4,9H,5-6H2. The van der Waals surface area contributed by atoms with Crippen LogP contribution in [0.15, 0.2) is 24.3 Å². The highest BCUT2D eigenvalue weighted by Crippen LogP contribution is 2.26. The molecular formula is C11H9F3O2. The van der Waals surface area contributed by atoms with Crippen LogP contribution in [0.4, 0.5) is 13.2 Å². The van der Waals surface area contributed by atoms with Crippen LogP contribution in [0, 0.1) is 0 Å². The number of alkyl halides is 3. The smallest absolute Gasteiger partial charge is 0.455 e. The fourth-order valence-corrected chi connectivity index (χ4v) is 1.82. The van der Waals surface area contributed by atoms with E-state index in [-0.39, 0.29) is 0 Å². The molecule has 0 N–H and O–H groups in total. The average molecular weight is 230 g/mol. The molecule has 0 radical (unpaired) electrons. The van der Waals surface area contributed by atoms with Gasteiger partial charge in [-0.3, -0.25) is 0 Å². The molecule has 0 unspecified atom stereocenters. The summed E-state index contributed by atoms with van der Waals surface area (Å²) < 4.78 is 40.3. The van der Waals surface area contributed by atoms with Gasteiger partial charge in [-0.15, -0.1) is 0 Å². The van der Waals surface area contributed by atoms with Crippen LogP contribution in [-0.2, 0) is 22.4 Å². The average Bonchev–Trinajstić information content (AvgIpc) is 2.58. The van der Waals surface area contributed by atoms with Gasteiger partial charge in [0.2, 0.25) is 0 Å². The van der Waals surface area contributed by atoms with E-state index < -0.39 is 18.2 Å². The second-order valence-corrected chi connectivity index (χ2v) is 3.70. The van der Waals surface area contributed by atoms with Crippen molar-refractivity contribution in [2.45, 2.75) is 25.1 Å². The van der Waals surface area contributed by atoms with Crippen molar-refractivity contribution in [1.29, 1.82) is 0 Å². The SMILES string of the molecule is O=C(OC1Cc2ccccc2C1)C(F)(F)F. The molecular weight excluding hydrogens is 221 g/mol. The van der Waals surface area contributed by atoms with Crippen molar-refractivity contribution in [3.05, 3.63) is 35.4 Å². The van der Waals surface area contributed by atoms with E-state index >= 15 is 0 Å². The first-order valence-corrected chi connectivity index (χ1v) is 4.81. The highest BCUT2D eigenvalue weighted by Gasteiger charge is 2.42. The van der Waals surface area contributed by atoms with Crippen LogP contribution < -0.4 is 0 Å². The van der Waals surface area contributed by atoms with Crippen molar-refractivity contribution in [1.82, 2.24) is 0 Å². The topological polar surface area (TPSA) is 26.3 Å². The minimum Gasteiger partial charge on any atom is -0.455 e. The first kappa shape index (κ1) is 11.0. The Labute approximate surface area is 90.0 Å². The van der Waals surface area contributed by atoms with Gasteiger partial charge in [0.05, 0.1) is 0 Å². The number of carbonyl (C=O) groups excluding carboxylic acids is 1. The summed E-state index contributed by atoms with van der Waals surface area (Å²) in [6, 6.07) is 7.28. The molecule has 0 saturated heterocycles. The lowest BCUT2D eigenvalue weighted by atomic mass is 10.1. The Balaban J connectivity index is 2.00. The summed E-state index contributed by atoms with van der Waals surface area (Å²) in [4.78, 5) is 10.6. The Morgan fingerprint density at radius 2 is 1.69 bits per heavy atom. The third kappa shape index (κ3) is 2.18. The van der Waals surface area contributed by atoms with Crippen LogP contribution in [0.2, 0.25) is 0 Å². The summed E-state index contributed by atoms with van der Waals surface area (Å²) in [6.45, 7) is 0. The van der Waals surface area contributed by atoms with Gasteiger partial charge in [0.25, 0.3) is 0 Å². The van der Waals surface area contributed by atoms with Crippen molar-refractivity contribution in [3.63, 3.8) is 0 Å². The largest absolute Gasteiger partial charge is 0.490 e. The number of ether oxygens (including phenoxy) is 1. The fraction of sp³-hybridized carbons (Fsp3) is 0.364. The third-order valence-electron chi connectivity index (χ3n) is 2.52. The fourth-order valence-electron chi connectivity index (χ4n) is 1.82. The molecule has 1 aliphatic carbocycles. The van der Waals surface area contributed by atoms with E-state index in [1.54, 1.807) is 0 Å². The number of hydrogen-bond acceptors (Lipinski definition) is 2. The predicted molar refractivity (Wildman–Crippen MR) is 49.8 cm³/mol. The minimum atomic E-state index is -4.91. The van der Waals surface area contributed by atoms with Crippen molar-refractivity contribution in [3.8, 4) is 0 Å². The summed E-state index contributed by atoms with van der Waals surface area (Å²) in [5, 5.41) is 0. The number of rotatable bonds is 1. The van der Waals surface area contributed by atoms with E-state index in [9.17, 15) is 18.0 Å². The molecule has 2 nitrogen and oxygen atoms in total. The van der Waals surface area contributed by atoms with Gasteiger partial charge in [-0.2, -0.15) is 13.2 Å². The molecule has 0 saturated carbocycles. The van der Waals surface area contributed by atoms with Gasteiger partial charge in [-0.05, 0) is 11.1 Å². The lowest BCUT2D eigenvalue weighted by molar-refractivity contribution is -0.204. The van der Waals surface area contributed by atoms with Crippen LogP contribution in [0.25, 0.3) is 0 Å². The van der Waals surface area contributed by atoms with Crippen molar-refractivity contribution >= 4 is 5.97 Å². The molecule has 16 heavy (non-hydrogen) atoms. The molecule has 0 bridgehead atoms. The van der Waals surface area contributed by atoms with Gasteiger partial charge >= 0.3 is 12.1 Å². The zero-order chi connectivity index (χ0) is 11.8. The first-order valence-electron chi connectivity index (χ1n) is 4.81. The van der Waals surface area contributed by atoms with Crippen LogP contribution >= 0.6 is 0 Å². The molecule has 1 aromatic rings. The van der Waals surface area contributed by atoms with Crippen LogP contribution in [0.1, 0.15) is 11.1 Å². The highest BCUT2D eigenvalue weighted by atomic mass is 19.4. The quantitative estimate of drug-likeness (QED) is 0.692. The monoisotopic (exact) mass is 230 g/mol. The normalized spacial score (nSPS) is 15.9. The summed E-state index contributed by atoms with van der Waals surface area (Å²) in [5.41, 5.74) is 1.89. The van der Waals surface area contributed by atoms with Gasteiger partial charge < -0.3 is 4.74 Å². The predicted octanol–water partition coefficient (Wildman–Crippen LogP) is 2.26. The zero-order valence-corrected chi connectivity index (χ0v) is 8.25. The Morgan fingerprint density at radius 1 is 1.19 bits per heavy atom.